The fourth-order valence-corrected chi connectivity index (χ4v) is 3.01. The molecule has 0 aliphatic heterocycles. The number of thioether (sulfide) groups is 1. The van der Waals surface area contributed by atoms with Crippen LogP contribution in [0.5, 0.6) is 0 Å². The Morgan fingerprint density at radius 2 is 2.00 bits per heavy atom. The van der Waals surface area contributed by atoms with Crippen molar-refractivity contribution in [3.05, 3.63) is 6.20 Å². The molecule has 0 aromatic carbocycles. The van der Waals surface area contributed by atoms with E-state index in [9.17, 15) is 4.79 Å². The SMILES string of the molecule is CC(C)CNc1nc(SC(C)C)nc2c1cnn2CCNC(=O)C(C)Cl. The zero-order chi connectivity index (χ0) is 19.3. The number of carbonyl (C=O) groups excluding carboxylic acids is 1. The van der Waals surface area contributed by atoms with E-state index in [0.29, 0.717) is 24.3 Å². The molecule has 0 aliphatic rings. The van der Waals surface area contributed by atoms with Gasteiger partial charge in [-0.1, -0.05) is 39.5 Å². The number of fused-ring (bicyclic) bond motifs is 1. The monoisotopic (exact) mass is 398 g/mol. The lowest BCUT2D eigenvalue weighted by atomic mass is 10.2. The second-order valence-electron chi connectivity index (χ2n) is 6.81. The molecule has 0 spiro atoms. The maximum Gasteiger partial charge on any atom is 0.237 e. The fourth-order valence-electron chi connectivity index (χ4n) is 2.22. The lowest BCUT2D eigenvalue weighted by Gasteiger charge is -2.12. The third kappa shape index (κ3) is 5.74. The van der Waals surface area contributed by atoms with Crippen molar-refractivity contribution >= 4 is 46.1 Å². The molecule has 9 heteroatoms. The van der Waals surface area contributed by atoms with E-state index in [2.05, 4.69) is 53.4 Å². The molecule has 1 unspecified atom stereocenters. The first-order valence-electron chi connectivity index (χ1n) is 8.83. The maximum absolute atomic E-state index is 11.6. The van der Waals surface area contributed by atoms with Crippen molar-refractivity contribution in [2.75, 3.05) is 18.4 Å². The van der Waals surface area contributed by atoms with Crippen LogP contribution in [-0.2, 0) is 11.3 Å². The number of rotatable bonds is 9. The molecule has 144 valence electrons. The van der Waals surface area contributed by atoms with E-state index in [4.69, 9.17) is 11.6 Å². The Labute approximate surface area is 163 Å². The van der Waals surface area contributed by atoms with Gasteiger partial charge in [0.2, 0.25) is 5.91 Å². The first-order chi connectivity index (χ1) is 12.3. The molecule has 2 heterocycles. The zero-order valence-corrected chi connectivity index (χ0v) is 17.5. The van der Waals surface area contributed by atoms with E-state index in [1.54, 1.807) is 29.6 Å². The molecule has 0 aliphatic carbocycles. The highest BCUT2D eigenvalue weighted by molar-refractivity contribution is 7.99. The number of nitrogens with one attached hydrogen (secondary N) is 2. The molecule has 0 radical (unpaired) electrons. The second kappa shape index (κ2) is 9.41. The first-order valence-corrected chi connectivity index (χ1v) is 10.2. The van der Waals surface area contributed by atoms with Crippen LogP contribution in [0.4, 0.5) is 5.82 Å². The third-order valence-electron chi connectivity index (χ3n) is 3.48. The first kappa shape index (κ1) is 20.8. The Morgan fingerprint density at radius 3 is 2.62 bits per heavy atom. The summed E-state index contributed by atoms with van der Waals surface area (Å²) in [4.78, 5) is 20.9. The van der Waals surface area contributed by atoms with Gasteiger partial charge >= 0.3 is 0 Å². The van der Waals surface area contributed by atoms with Crippen LogP contribution in [0.25, 0.3) is 11.0 Å². The maximum atomic E-state index is 11.6. The number of amides is 1. The van der Waals surface area contributed by atoms with Crippen molar-refractivity contribution in [2.45, 2.75) is 56.9 Å². The number of carbonyl (C=O) groups is 1. The molecule has 26 heavy (non-hydrogen) atoms. The number of halogens is 1. The normalized spacial score (nSPS) is 12.8. The van der Waals surface area contributed by atoms with E-state index >= 15 is 0 Å². The number of hydrogen-bond acceptors (Lipinski definition) is 6. The van der Waals surface area contributed by atoms with E-state index in [1.165, 1.54) is 0 Å². The summed E-state index contributed by atoms with van der Waals surface area (Å²) in [6.07, 6.45) is 1.77. The largest absolute Gasteiger partial charge is 0.369 e. The number of anilines is 1. The fraction of sp³-hybridized carbons (Fsp3) is 0.647. The van der Waals surface area contributed by atoms with Gasteiger partial charge in [0, 0.05) is 18.3 Å². The summed E-state index contributed by atoms with van der Waals surface area (Å²) in [6.45, 7) is 12.0. The van der Waals surface area contributed by atoms with Gasteiger partial charge in [-0.05, 0) is 12.8 Å². The topological polar surface area (TPSA) is 84.7 Å². The Kier molecular flexibility index (Phi) is 7.52. The summed E-state index contributed by atoms with van der Waals surface area (Å²) in [6, 6.07) is 0. The minimum atomic E-state index is -0.549. The zero-order valence-electron chi connectivity index (χ0n) is 15.9. The number of nitrogens with zero attached hydrogens (tertiary/aromatic N) is 4. The molecule has 0 saturated carbocycles. The van der Waals surface area contributed by atoms with Crippen LogP contribution in [0, 0.1) is 5.92 Å². The van der Waals surface area contributed by atoms with Gasteiger partial charge in [-0.15, -0.1) is 11.6 Å². The van der Waals surface area contributed by atoms with Crippen LogP contribution in [0.3, 0.4) is 0 Å². The smallest absolute Gasteiger partial charge is 0.237 e. The minimum absolute atomic E-state index is 0.187. The van der Waals surface area contributed by atoms with Crippen LogP contribution in [0.15, 0.2) is 11.4 Å². The predicted octanol–water partition coefficient (Wildman–Crippen LogP) is 3.14. The van der Waals surface area contributed by atoms with Crippen molar-refractivity contribution in [1.82, 2.24) is 25.1 Å². The highest BCUT2D eigenvalue weighted by atomic mass is 35.5. The number of aromatic nitrogens is 4. The van der Waals surface area contributed by atoms with Crippen molar-refractivity contribution in [3.63, 3.8) is 0 Å². The molecule has 2 aromatic heterocycles. The van der Waals surface area contributed by atoms with E-state index in [0.717, 1.165) is 28.6 Å². The summed E-state index contributed by atoms with van der Waals surface area (Å²) in [5.41, 5.74) is 0.766. The highest BCUT2D eigenvalue weighted by Gasteiger charge is 2.15. The summed E-state index contributed by atoms with van der Waals surface area (Å²) in [7, 11) is 0. The Hall–Kier alpha value is -1.54. The summed E-state index contributed by atoms with van der Waals surface area (Å²) < 4.78 is 1.79. The van der Waals surface area contributed by atoms with Gasteiger partial charge in [0.15, 0.2) is 10.8 Å². The van der Waals surface area contributed by atoms with Crippen LogP contribution < -0.4 is 10.6 Å². The molecule has 0 saturated heterocycles. The van der Waals surface area contributed by atoms with Crippen molar-refractivity contribution < 1.29 is 4.79 Å². The molecule has 7 nitrogen and oxygen atoms in total. The molecular formula is C17H27ClN6OS. The van der Waals surface area contributed by atoms with Gasteiger partial charge in [-0.25, -0.2) is 14.6 Å². The average molecular weight is 399 g/mol. The predicted molar refractivity (Wildman–Crippen MR) is 108 cm³/mol. The molecule has 0 fully saturated rings. The molecule has 2 aromatic rings. The van der Waals surface area contributed by atoms with Crippen molar-refractivity contribution in [3.8, 4) is 0 Å². The molecule has 1 amide bonds. The molecule has 1 atom stereocenters. The second-order valence-corrected chi connectivity index (χ2v) is 9.01. The van der Waals surface area contributed by atoms with Gasteiger partial charge in [-0.2, -0.15) is 5.10 Å². The van der Waals surface area contributed by atoms with Crippen LogP contribution in [0.1, 0.15) is 34.6 Å². The molecule has 0 bridgehead atoms. The number of hydrogen-bond donors (Lipinski definition) is 2. The van der Waals surface area contributed by atoms with Gasteiger partial charge in [0.25, 0.3) is 0 Å². The quantitative estimate of drug-likeness (QED) is 0.383. The van der Waals surface area contributed by atoms with Gasteiger partial charge in [-0.3, -0.25) is 4.79 Å². The molecule has 2 rings (SSSR count). The van der Waals surface area contributed by atoms with Crippen LogP contribution >= 0.6 is 23.4 Å². The van der Waals surface area contributed by atoms with Crippen LogP contribution in [0.2, 0.25) is 0 Å². The summed E-state index contributed by atoms with van der Waals surface area (Å²) in [5, 5.41) is 12.1. The average Bonchev–Trinajstić information content (AvgIpc) is 2.95. The lowest BCUT2D eigenvalue weighted by Crippen LogP contribution is -2.32. The third-order valence-corrected chi connectivity index (χ3v) is 4.54. The van der Waals surface area contributed by atoms with Crippen LogP contribution in [-0.4, -0.2) is 49.4 Å². The van der Waals surface area contributed by atoms with Crippen molar-refractivity contribution in [2.24, 2.45) is 5.92 Å². The Bertz CT molecular complexity index is 746. The van der Waals surface area contributed by atoms with Crippen molar-refractivity contribution in [1.29, 1.82) is 0 Å². The lowest BCUT2D eigenvalue weighted by molar-refractivity contribution is -0.120. The van der Waals surface area contributed by atoms with Gasteiger partial charge in [0.1, 0.15) is 11.2 Å². The summed E-state index contributed by atoms with van der Waals surface area (Å²) in [5.74, 6) is 1.12. The number of alkyl halides is 1. The minimum Gasteiger partial charge on any atom is -0.369 e. The Morgan fingerprint density at radius 1 is 1.27 bits per heavy atom. The Balaban J connectivity index is 2.25. The highest BCUT2D eigenvalue weighted by Crippen LogP contribution is 2.26. The van der Waals surface area contributed by atoms with Gasteiger partial charge < -0.3 is 10.6 Å². The van der Waals surface area contributed by atoms with Gasteiger partial charge in [0.05, 0.1) is 18.1 Å². The molecule has 2 N–H and O–H groups in total. The standard InChI is InChI=1S/C17H27ClN6OS/c1-10(2)8-20-14-13-9-21-24(7-6-19-16(25)12(5)18)15(13)23-17(22-14)26-11(3)4/h9-12H,6-8H2,1-5H3,(H,19,25)(H,20,22,23). The van der Waals surface area contributed by atoms with E-state index in [1.807, 2.05) is 0 Å². The summed E-state index contributed by atoms with van der Waals surface area (Å²) >= 11 is 7.38. The molecular weight excluding hydrogens is 372 g/mol. The van der Waals surface area contributed by atoms with E-state index in [-0.39, 0.29) is 5.91 Å². The van der Waals surface area contributed by atoms with E-state index < -0.39 is 5.38 Å².